The summed E-state index contributed by atoms with van der Waals surface area (Å²) < 4.78 is 0. The summed E-state index contributed by atoms with van der Waals surface area (Å²) in [7, 11) is 0. The summed E-state index contributed by atoms with van der Waals surface area (Å²) in [6, 6.07) is -0.525. The van der Waals surface area contributed by atoms with Crippen LogP contribution in [0, 0.1) is 0 Å². The van der Waals surface area contributed by atoms with Crippen molar-refractivity contribution < 1.29 is 4.79 Å². The fraction of sp³-hybridized carbons (Fsp3) is 0.857. The van der Waals surface area contributed by atoms with Gasteiger partial charge in [-0.05, 0) is 0 Å². The minimum Gasteiger partial charge on any atom is -0.339 e. The molecule has 0 aliphatic carbocycles. The number of amides is 1. The summed E-state index contributed by atoms with van der Waals surface area (Å²) in [6.45, 7) is 3.41. The minimum atomic E-state index is -0.525. The second-order valence-electron chi connectivity index (χ2n) is 2.92. The fourth-order valence-corrected chi connectivity index (χ4v) is 1.22. The van der Waals surface area contributed by atoms with E-state index in [0.717, 1.165) is 26.2 Å². The van der Waals surface area contributed by atoms with E-state index in [1.165, 1.54) is 0 Å². The molecule has 1 aliphatic heterocycles. The van der Waals surface area contributed by atoms with E-state index < -0.39 is 6.04 Å². The van der Waals surface area contributed by atoms with Crippen molar-refractivity contribution in [3.63, 3.8) is 0 Å². The highest BCUT2D eigenvalue weighted by molar-refractivity contribution is 5.82. The Hall–Kier alpha value is -0.650. The van der Waals surface area contributed by atoms with Crippen LogP contribution in [0.2, 0.25) is 0 Å². The van der Waals surface area contributed by atoms with E-state index in [9.17, 15) is 4.79 Å². The average Bonchev–Trinajstić information content (AvgIpc) is 2.17. The van der Waals surface area contributed by atoms with Gasteiger partial charge in [-0.15, -0.1) is 0 Å². The van der Waals surface area contributed by atoms with E-state index >= 15 is 0 Å². The Morgan fingerprint density at radius 2 is 2.08 bits per heavy atom. The van der Waals surface area contributed by atoms with Gasteiger partial charge in [-0.25, -0.2) is 0 Å². The number of carbonyl (C=O) groups is 1. The second kappa shape index (κ2) is 4.39. The zero-order chi connectivity index (χ0) is 8.97. The highest BCUT2D eigenvalue weighted by Crippen LogP contribution is 1.94. The van der Waals surface area contributed by atoms with E-state index in [-0.39, 0.29) is 12.5 Å². The zero-order valence-corrected chi connectivity index (χ0v) is 7.12. The minimum absolute atomic E-state index is 0.0287. The van der Waals surface area contributed by atoms with Gasteiger partial charge in [0.05, 0.1) is 6.04 Å². The molecule has 0 aromatic rings. The molecule has 0 radical (unpaired) electrons. The molecular weight excluding hydrogens is 156 g/mol. The number of nitrogens with one attached hydrogen (secondary N) is 1. The van der Waals surface area contributed by atoms with Crippen LogP contribution in [-0.4, -0.2) is 49.6 Å². The van der Waals surface area contributed by atoms with Crippen molar-refractivity contribution in [2.75, 3.05) is 32.7 Å². The van der Waals surface area contributed by atoms with Crippen LogP contribution >= 0.6 is 0 Å². The molecule has 70 valence electrons. The summed E-state index contributed by atoms with van der Waals surface area (Å²) >= 11 is 0. The van der Waals surface area contributed by atoms with E-state index in [0.29, 0.717) is 0 Å². The van der Waals surface area contributed by atoms with Crippen molar-refractivity contribution in [2.45, 2.75) is 6.04 Å². The predicted octanol–water partition coefficient (Wildman–Crippen LogP) is -2.30. The van der Waals surface area contributed by atoms with Gasteiger partial charge in [0, 0.05) is 32.7 Å². The molecule has 5 nitrogen and oxygen atoms in total. The number of nitrogens with zero attached hydrogens (tertiary/aromatic N) is 1. The van der Waals surface area contributed by atoms with Gasteiger partial charge < -0.3 is 21.7 Å². The molecular formula is C7H16N4O. The Labute approximate surface area is 72.1 Å². The van der Waals surface area contributed by atoms with Crippen LogP contribution in [0.1, 0.15) is 0 Å². The lowest BCUT2D eigenvalue weighted by Crippen LogP contribution is -2.53. The first-order valence-corrected chi connectivity index (χ1v) is 4.21. The largest absolute Gasteiger partial charge is 0.339 e. The second-order valence-corrected chi connectivity index (χ2v) is 2.92. The Morgan fingerprint density at radius 1 is 1.50 bits per heavy atom. The van der Waals surface area contributed by atoms with Gasteiger partial charge in [0.1, 0.15) is 0 Å². The van der Waals surface area contributed by atoms with Gasteiger partial charge in [0.15, 0.2) is 0 Å². The van der Waals surface area contributed by atoms with Crippen LogP contribution in [0.5, 0.6) is 0 Å². The molecule has 1 heterocycles. The maximum atomic E-state index is 11.4. The summed E-state index contributed by atoms with van der Waals surface area (Å²) in [5, 5.41) is 3.16. The Morgan fingerprint density at radius 3 is 2.58 bits per heavy atom. The van der Waals surface area contributed by atoms with Crippen molar-refractivity contribution >= 4 is 5.91 Å². The maximum Gasteiger partial charge on any atom is 0.240 e. The third-order valence-corrected chi connectivity index (χ3v) is 2.00. The molecule has 12 heavy (non-hydrogen) atoms. The van der Waals surface area contributed by atoms with Crippen molar-refractivity contribution in [3.05, 3.63) is 0 Å². The summed E-state index contributed by atoms with van der Waals surface area (Å²) in [5.41, 5.74) is 10.8. The quantitative estimate of drug-likeness (QED) is 0.437. The molecule has 1 aliphatic rings. The van der Waals surface area contributed by atoms with Gasteiger partial charge in [-0.2, -0.15) is 0 Å². The smallest absolute Gasteiger partial charge is 0.240 e. The molecule has 0 spiro atoms. The van der Waals surface area contributed by atoms with Crippen molar-refractivity contribution in [3.8, 4) is 0 Å². The monoisotopic (exact) mass is 172 g/mol. The maximum absolute atomic E-state index is 11.4. The SMILES string of the molecule is NC[C@@H](N)C(=O)N1CCNCC1. The lowest BCUT2D eigenvalue weighted by atomic mass is 10.2. The molecule has 1 atom stereocenters. The number of hydrogen-bond acceptors (Lipinski definition) is 4. The van der Waals surface area contributed by atoms with E-state index in [1.54, 1.807) is 4.90 Å². The molecule has 1 saturated heterocycles. The number of piperazine rings is 1. The first kappa shape index (κ1) is 9.44. The fourth-order valence-electron chi connectivity index (χ4n) is 1.22. The average molecular weight is 172 g/mol. The third kappa shape index (κ3) is 2.17. The highest BCUT2D eigenvalue weighted by Gasteiger charge is 2.20. The van der Waals surface area contributed by atoms with Crippen LogP contribution < -0.4 is 16.8 Å². The van der Waals surface area contributed by atoms with E-state index in [1.807, 2.05) is 0 Å². The molecule has 0 bridgehead atoms. The van der Waals surface area contributed by atoms with Crippen LogP contribution in [0.3, 0.4) is 0 Å². The Bertz CT molecular complexity index is 155. The van der Waals surface area contributed by atoms with E-state index in [2.05, 4.69) is 5.32 Å². The third-order valence-electron chi connectivity index (χ3n) is 2.00. The lowest BCUT2D eigenvalue weighted by Gasteiger charge is -2.29. The van der Waals surface area contributed by atoms with Gasteiger partial charge in [-0.1, -0.05) is 0 Å². The topological polar surface area (TPSA) is 84.4 Å². The number of rotatable bonds is 2. The number of hydrogen-bond donors (Lipinski definition) is 3. The Balaban J connectivity index is 2.39. The van der Waals surface area contributed by atoms with E-state index in [4.69, 9.17) is 11.5 Å². The van der Waals surface area contributed by atoms with Crippen molar-refractivity contribution in [1.82, 2.24) is 10.2 Å². The highest BCUT2D eigenvalue weighted by atomic mass is 16.2. The van der Waals surface area contributed by atoms with Crippen molar-refractivity contribution in [1.29, 1.82) is 0 Å². The normalized spacial score (nSPS) is 20.7. The molecule has 0 saturated carbocycles. The molecule has 0 aromatic carbocycles. The first-order valence-electron chi connectivity index (χ1n) is 4.21. The summed E-state index contributed by atoms with van der Waals surface area (Å²) in [6.07, 6.45) is 0. The molecule has 1 rings (SSSR count). The number of nitrogens with two attached hydrogens (primary N) is 2. The molecule has 1 amide bonds. The molecule has 0 aromatic heterocycles. The van der Waals surface area contributed by atoms with Crippen LogP contribution in [0.25, 0.3) is 0 Å². The van der Waals surface area contributed by atoms with Gasteiger partial charge >= 0.3 is 0 Å². The summed E-state index contributed by atoms with van der Waals surface area (Å²) in [4.78, 5) is 13.2. The van der Waals surface area contributed by atoms with Crippen LogP contribution in [-0.2, 0) is 4.79 Å². The predicted molar refractivity (Wildman–Crippen MR) is 46.5 cm³/mol. The summed E-state index contributed by atoms with van der Waals surface area (Å²) in [5.74, 6) is -0.0287. The molecule has 5 heteroatoms. The van der Waals surface area contributed by atoms with Crippen molar-refractivity contribution in [2.24, 2.45) is 11.5 Å². The zero-order valence-electron chi connectivity index (χ0n) is 7.12. The molecule has 0 unspecified atom stereocenters. The van der Waals surface area contributed by atoms with Gasteiger partial charge in [0.2, 0.25) is 5.91 Å². The molecule has 5 N–H and O–H groups in total. The first-order chi connectivity index (χ1) is 5.75. The van der Waals surface area contributed by atoms with Crippen LogP contribution in [0.15, 0.2) is 0 Å². The Kier molecular flexibility index (Phi) is 3.46. The number of carbonyl (C=O) groups excluding carboxylic acids is 1. The standard InChI is InChI=1S/C7H16N4O/c8-5-6(9)7(12)11-3-1-10-2-4-11/h6,10H,1-5,8-9H2/t6-/m1/s1. The van der Waals surface area contributed by atoms with Gasteiger partial charge in [-0.3, -0.25) is 4.79 Å². The molecule has 1 fully saturated rings. The van der Waals surface area contributed by atoms with Crippen LogP contribution in [0.4, 0.5) is 0 Å². The van der Waals surface area contributed by atoms with Gasteiger partial charge in [0.25, 0.3) is 0 Å². The lowest BCUT2D eigenvalue weighted by molar-refractivity contribution is -0.132.